The van der Waals surface area contributed by atoms with Gasteiger partial charge < -0.3 is 15.0 Å². The van der Waals surface area contributed by atoms with Gasteiger partial charge in [-0.1, -0.05) is 42.5 Å². The molecule has 1 amide bonds. The van der Waals surface area contributed by atoms with E-state index in [0.29, 0.717) is 17.1 Å². The Morgan fingerprint density at radius 3 is 2.56 bits per heavy atom. The van der Waals surface area contributed by atoms with Crippen LogP contribution in [0.2, 0.25) is 0 Å². The Bertz CT molecular complexity index is 1440. The highest BCUT2D eigenvalue weighted by Crippen LogP contribution is 2.36. The number of benzene rings is 3. The van der Waals surface area contributed by atoms with Gasteiger partial charge in [-0.25, -0.2) is 9.37 Å². The number of halogens is 1. The van der Waals surface area contributed by atoms with E-state index in [2.05, 4.69) is 10.3 Å². The first kappa shape index (κ1) is 19.8. The molecule has 0 unspecified atom stereocenters. The molecule has 0 bridgehead atoms. The van der Waals surface area contributed by atoms with Gasteiger partial charge in [0.15, 0.2) is 0 Å². The van der Waals surface area contributed by atoms with Gasteiger partial charge in [0, 0.05) is 28.4 Å². The average Bonchev–Trinajstić information content (AvgIpc) is 3.21. The van der Waals surface area contributed by atoms with Crippen molar-refractivity contribution in [2.45, 2.75) is 6.54 Å². The first-order valence-electron chi connectivity index (χ1n) is 10.2. The summed E-state index contributed by atoms with van der Waals surface area (Å²) in [6, 6.07) is 23.4. The Labute approximate surface area is 183 Å². The van der Waals surface area contributed by atoms with E-state index < -0.39 is 0 Å². The zero-order valence-corrected chi connectivity index (χ0v) is 17.4. The largest absolute Gasteiger partial charge is 0.496 e. The van der Waals surface area contributed by atoms with E-state index in [1.165, 1.54) is 12.1 Å². The van der Waals surface area contributed by atoms with E-state index in [-0.39, 0.29) is 18.3 Å². The van der Waals surface area contributed by atoms with Crippen molar-refractivity contribution in [2.75, 3.05) is 7.11 Å². The van der Waals surface area contributed by atoms with Crippen LogP contribution in [0.3, 0.4) is 0 Å². The number of para-hydroxylation sites is 2. The van der Waals surface area contributed by atoms with Gasteiger partial charge in [-0.2, -0.15) is 0 Å². The number of carbonyl (C=O) groups is 1. The Morgan fingerprint density at radius 2 is 1.75 bits per heavy atom. The molecule has 2 heterocycles. The molecule has 0 saturated carbocycles. The minimum atomic E-state index is -0.312. The summed E-state index contributed by atoms with van der Waals surface area (Å²) < 4.78 is 18.7. The van der Waals surface area contributed by atoms with Crippen molar-refractivity contribution in [1.29, 1.82) is 0 Å². The first-order chi connectivity index (χ1) is 15.6. The van der Waals surface area contributed by atoms with E-state index in [4.69, 9.17) is 9.72 Å². The summed E-state index contributed by atoms with van der Waals surface area (Å²) >= 11 is 0. The van der Waals surface area contributed by atoms with Crippen LogP contribution in [0.1, 0.15) is 16.1 Å². The summed E-state index contributed by atoms with van der Waals surface area (Å²) in [6.07, 6.45) is 0. The van der Waals surface area contributed by atoms with Crippen LogP contribution in [-0.2, 0) is 6.54 Å². The quantitative estimate of drug-likeness (QED) is 0.393. The van der Waals surface area contributed by atoms with E-state index in [1.54, 1.807) is 25.3 Å². The molecule has 0 saturated heterocycles. The fraction of sp³-hybridized carbons (Fsp3) is 0.0769. The van der Waals surface area contributed by atoms with Crippen LogP contribution in [0.15, 0.2) is 78.9 Å². The lowest BCUT2D eigenvalue weighted by molar-refractivity contribution is 0.0946. The van der Waals surface area contributed by atoms with Crippen LogP contribution < -0.4 is 10.1 Å². The second kappa shape index (κ2) is 8.15. The Morgan fingerprint density at radius 1 is 1.00 bits per heavy atom. The number of rotatable bonds is 5. The number of carbonyl (C=O) groups excluding carboxylic acids is 1. The number of aromatic amines is 1. The summed E-state index contributed by atoms with van der Waals surface area (Å²) in [7, 11) is 1.61. The number of nitrogens with zero attached hydrogens (tertiary/aromatic N) is 1. The van der Waals surface area contributed by atoms with Crippen molar-refractivity contribution in [3.8, 4) is 17.0 Å². The molecule has 0 spiro atoms. The monoisotopic (exact) mass is 425 g/mol. The van der Waals surface area contributed by atoms with Gasteiger partial charge >= 0.3 is 0 Å². The average molecular weight is 425 g/mol. The molecular formula is C26H20FN3O2. The van der Waals surface area contributed by atoms with Gasteiger partial charge in [0.1, 0.15) is 17.3 Å². The van der Waals surface area contributed by atoms with Gasteiger partial charge in [-0.05, 0) is 42.0 Å². The van der Waals surface area contributed by atoms with Gasteiger partial charge in [0.2, 0.25) is 0 Å². The number of nitrogens with one attached hydrogen (secondary N) is 2. The highest BCUT2D eigenvalue weighted by atomic mass is 19.1. The van der Waals surface area contributed by atoms with Crippen LogP contribution in [0.5, 0.6) is 5.75 Å². The first-order valence-corrected chi connectivity index (χ1v) is 10.2. The molecule has 0 aliphatic heterocycles. The summed E-state index contributed by atoms with van der Waals surface area (Å²) in [5, 5.41) is 4.80. The number of aromatic nitrogens is 2. The Kier molecular flexibility index (Phi) is 5.03. The maximum atomic E-state index is 13.2. The number of ether oxygens (including phenoxy) is 1. The predicted octanol–water partition coefficient (Wildman–Crippen LogP) is 5.46. The van der Waals surface area contributed by atoms with E-state index in [9.17, 15) is 9.18 Å². The van der Waals surface area contributed by atoms with Crippen LogP contribution in [0, 0.1) is 5.82 Å². The summed E-state index contributed by atoms with van der Waals surface area (Å²) in [6.45, 7) is 0.275. The van der Waals surface area contributed by atoms with Crippen LogP contribution in [0.25, 0.3) is 33.1 Å². The molecule has 3 aromatic carbocycles. The summed E-state index contributed by atoms with van der Waals surface area (Å²) in [5.41, 5.74) is 4.33. The molecule has 5 aromatic rings. The minimum Gasteiger partial charge on any atom is -0.496 e. The standard InChI is InChI=1S/C26H20FN3O2/c1-32-23-9-5-3-7-19(23)24-25-20(18-6-2-4-8-21(18)29-25)14-22(30-24)26(31)28-15-16-10-12-17(27)13-11-16/h2-14,29H,15H2,1H3,(H,28,31). The molecule has 158 valence electrons. The summed E-state index contributed by atoms with van der Waals surface area (Å²) in [4.78, 5) is 21.2. The molecule has 0 aliphatic rings. The molecule has 6 heteroatoms. The van der Waals surface area contributed by atoms with Crippen molar-refractivity contribution >= 4 is 27.7 Å². The van der Waals surface area contributed by atoms with Gasteiger partial charge in [-0.3, -0.25) is 4.79 Å². The molecule has 0 radical (unpaired) electrons. The number of hydrogen-bond donors (Lipinski definition) is 2. The zero-order chi connectivity index (χ0) is 22.1. The molecule has 5 rings (SSSR count). The van der Waals surface area contributed by atoms with Crippen molar-refractivity contribution in [3.63, 3.8) is 0 Å². The normalized spacial score (nSPS) is 11.1. The zero-order valence-electron chi connectivity index (χ0n) is 17.4. The predicted molar refractivity (Wildman–Crippen MR) is 123 cm³/mol. The van der Waals surface area contributed by atoms with E-state index >= 15 is 0 Å². The number of hydrogen-bond acceptors (Lipinski definition) is 3. The molecule has 2 N–H and O–H groups in total. The van der Waals surface area contributed by atoms with Crippen LogP contribution in [-0.4, -0.2) is 23.0 Å². The van der Waals surface area contributed by atoms with Crippen molar-refractivity contribution in [1.82, 2.24) is 15.3 Å². The van der Waals surface area contributed by atoms with Crippen LogP contribution >= 0.6 is 0 Å². The number of methoxy groups -OCH3 is 1. The Balaban J connectivity index is 1.62. The van der Waals surface area contributed by atoms with Gasteiger partial charge in [-0.15, -0.1) is 0 Å². The minimum absolute atomic E-state index is 0.275. The maximum absolute atomic E-state index is 13.2. The molecule has 0 fully saturated rings. The second-order valence-corrected chi connectivity index (χ2v) is 7.46. The third-order valence-electron chi connectivity index (χ3n) is 5.46. The van der Waals surface area contributed by atoms with Gasteiger partial charge in [0.05, 0.1) is 18.3 Å². The third-order valence-corrected chi connectivity index (χ3v) is 5.46. The van der Waals surface area contributed by atoms with Crippen molar-refractivity contribution < 1.29 is 13.9 Å². The number of H-pyrrole nitrogens is 1. The van der Waals surface area contributed by atoms with Crippen molar-refractivity contribution in [3.05, 3.63) is 95.9 Å². The number of amides is 1. The third kappa shape index (κ3) is 3.56. The Hall–Kier alpha value is -4.19. The smallest absolute Gasteiger partial charge is 0.270 e. The lowest BCUT2D eigenvalue weighted by Crippen LogP contribution is -2.24. The number of pyridine rings is 1. The van der Waals surface area contributed by atoms with Crippen molar-refractivity contribution in [2.24, 2.45) is 0 Å². The molecule has 5 nitrogen and oxygen atoms in total. The topological polar surface area (TPSA) is 67.0 Å². The van der Waals surface area contributed by atoms with E-state index in [1.807, 2.05) is 48.5 Å². The van der Waals surface area contributed by atoms with E-state index in [0.717, 1.165) is 32.9 Å². The summed E-state index contributed by atoms with van der Waals surface area (Å²) in [5.74, 6) is 0.0504. The van der Waals surface area contributed by atoms with Gasteiger partial charge in [0.25, 0.3) is 5.91 Å². The second-order valence-electron chi connectivity index (χ2n) is 7.46. The maximum Gasteiger partial charge on any atom is 0.270 e. The molecule has 2 aromatic heterocycles. The molecule has 0 atom stereocenters. The number of fused-ring (bicyclic) bond motifs is 3. The SMILES string of the molecule is COc1ccccc1-c1nc(C(=O)NCc2ccc(F)cc2)cc2c1[nH]c1ccccc12. The van der Waals surface area contributed by atoms with Crippen LogP contribution in [0.4, 0.5) is 4.39 Å². The molecule has 32 heavy (non-hydrogen) atoms. The fourth-order valence-corrected chi connectivity index (χ4v) is 3.87. The highest BCUT2D eigenvalue weighted by Gasteiger charge is 2.19. The molecular weight excluding hydrogens is 405 g/mol. The highest BCUT2D eigenvalue weighted by molar-refractivity contribution is 6.13. The lowest BCUT2D eigenvalue weighted by atomic mass is 10.1. The molecule has 0 aliphatic carbocycles. The lowest BCUT2D eigenvalue weighted by Gasteiger charge is -2.11. The fourth-order valence-electron chi connectivity index (χ4n) is 3.87.